The summed E-state index contributed by atoms with van der Waals surface area (Å²) in [6.07, 6.45) is 1.40. The number of hydrogen-bond donors (Lipinski definition) is 1. The molecule has 1 aromatic carbocycles. The monoisotopic (exact) mass is 433 g/mol. The summed E-state index contributed by atoms with van der Waals surface area (Å²) in [5.41, 5.74) is 0.790. The lowest BCUT2D eigenvalue weighted by atomic mass is 10.0. The van der Waals surface area contributed by atoms with Crippen molar-refractivity contribution in [2.24, 2.45) is 0 Å². The highest BCUT2D eigenvalue weighted by molar-refractivity contribution is 8.00. The second-order valence-electron chi connectivity index (χ2n) is 8.41. The minimum Gasteiger partial charge on any atom is -0.450 e. The minimum atomic E-state index is -0.615. The van der Waals surface area contributed by atoms with Crippen LogP contribution in [0.5, 0.6) is 0 Å². The summed E-state index contributed by atoms with van der Waals surface area (Å²) in [5.74, 6) is -0.213. The zero-order chi connectivity index (χ0) is 21.9. The van der Waals surface area contributed by atoms with Gasteiger partial charge in [-0.3, -0.25) is 14.5 Å². The first-order chi connectivity index (χ1) is 14.2. The largest absolute Gasteiger partial charge is 0.450 e. The third-order valence-corrected chi connectivity index (χ3v) is 6.75. The average molecular weight is 434 g/mol. The maximum Gasteiger partial charge on any atom is 0.409 e. The number of amides is 3. The molecule has 0 aliphatic carbocycles. The highest BCUT2D eigenvalue weighted by Crippen LogP contribution is 2.44. The fourth-order valence-corrected chi connectivity index (χ4v) is 5.15. The molecule has 7 nitrogen and oxygen atoms in total. The smallest absolute Gasteiger partial charge is 0.409 e. The number of para-hydroxylation sites is 1. The number of nitrogens with zero attached hydrogens (tertiary/aromatic N) is 2. The molecule has 1 fully saturated rings. The summed E-state index contributed by atoms with van der Waals surface area (Å²) >= 11 is 1.67. The quantitative estimate of drug-likeness (QED) is 0.787. The van der Waals surface area contributed by atoms with Crippen molar-refractivity contribution < 1.29 is 19.1 Å². The lowest BCUT2D eigenvalue weighted by Gasteiger charge is -2.34. The molecule has 0 radical (unpaired) electrons. The van der Waals surface area contributed by atoms with Crippen molar-refractivity contribution in [1.82, 2.24) is 10.2 Å². The molecule has 0 saturated carbocycles. The van der Waals surface area contributed by atoms with E-state index in [-0.39, 0.29) is 28.7 Å². The van der Waals surface area contributed by atoms with Gasteiger partial charge in [0, 0.05) is 35.2 Å². The molecule has 2 aliphatic heterocycles. The molecule has 1 atom stereocenters. The Morgan fingerprint density at radius 1 is 1.27 bits per heavy atom. The van der Waals surface area contributed by atoms with Crippen LogP contribution in [0.2, 0.25) is 0 Å². The van der Waals surface area contributed by atoms with Crippen LogP contribution in [0.25, 0.3) is 0 Å². The number of rotatable bonds is 4. The molecule has 1 unspecified atom stereocenters. The number of benzene rings is 1. The molecule has 3 rings (SSSR count). The minimum absolute atomic E-state index is 0.0197. The Balaban J connectivity index is 1.67. The number of likely N-dealkylation sites (tertiary alicyclic amines) is 1. The molecule has 2 aliphatic rings. The number of ether oxygens (including phenoxy) is 1. The van der Waals surface area contributed by atoms with E-state index in [0.717, 1.165) is 10.6 Å². The molecule has 1 saturated heterocycles. The molecule has 30 heavy (non-hydrogen) atoms. The summed E-state index contributed by atoms with van der Waals surface area (Å²) in [7, 11) is 0. The SMILES string of the molecule is CCOC(=O)N1CCC(NC(=O)C(C)N2C(=O)CC(C)(C)Sc3ccccc32)CC1. The van der Waals surface area contributed by atoms with E-state index < -0.39 is 6.04 Å². The van der Waals surface area contributed by atoms with E-state index in [1.165, 1.54) is 0 Å². The number of carbonyl (C=O) groups excluding carboxylic acids is 3. The van der Waals surface area contributed by atoms with Gasteiger partial charge in [-0.05, 0) is 52.7 Å². The summed E-state index contributed by atoms with van der Waals surface area (Å²) in [4.78, 5) is 42.3. The Labute approximate surface area is 182 Å². The van der Waals surface area contributed by atoms with Crippen LogP contribution in [0, 0.1) is 0 Å². The summed E-state index contributed by atoms with van der Waals surface area (Å²) < 4.78 is 4.80. The standard InChI is InChI=1S/C22H31N3O4S/c1-5-29-21(28)24-12-10-16(11-13-24)23-20(27)15(2)25-17-8-6-7-9-18(17)30-22(3,4)14-19(25)26/h6-9,15-16H,5,10-14H2,1-4H3,(H,23,27). The maximum absolute atomic E-state index is 13.1. The third-order valence-electron chi connectivity index (χ3n) is 5.49. The van der Waals surface area contributed by atoms with Gasteiger partial charge >= 0.3 is 6.09 Å². The van der Waals surface area contributed by atoms with Crippen molar-refractivity contribution in [3.05, 3.63) is 24.3 Å². The summed E-state index contributed by atoms with van der Waals surface area (Å²) in [5, 5.41) is 3.08. The fraction of sp³-hybridized carbons (Fsp3) is 0.591. The number of anilines is 1. The van der Waals surface area contributed by atoms with Gasteiger partial charge < -0.3 is 15.0 Å². The van der Waals surface area contributed by atoms with Crippen LogP contribution in [0.15, 0.2) is 29.2 Å². The average Bonchev–Trinajstić information content (AvgIpc) is 2.79. The van der Waals surface area contributed by atoms with Gasteiger partial charge in [0.15, 0.2) is 0 Å². The van der Waals surface area contributed by atoms with Crippen LogP contribution < -0.4 is 10.2 Å². The first-order valence-corrected chi connectivity index (χ1v) is 11.4. The van der Waals surface area contributed by atoms with Gasteiger partial charge in [0.25, 0.3) is 0 Å². The highest BCUT2D eigenvalue weighted by atomic mass is 32.2. The normalized spacial score (nSPS) is 20.2. The van der Waals surface area contributed by atoms with E-state index in [0.29, 0.717) is 39.0 Å². The first kappa shape index (κ1) is 22.5. The van der Waals surface area contributed by atoms with E-state index in [1.54, 1.807) is 35.4 Å². The number of piperidine rings is 1. The van der Waals surface area contributed by atoms with Gasteiger partial charge in [-0.25, -0.2) is 4.79 Å². The molecule has 2 heterocycles. The summed E-state index contributed by atoms with van der Waals surface area (Å²) in [6, 6.07) is 7.13. The molecular formula is C22H31N3O4S. The zero-order valence-corrected chi connectivity index (χ0v) is 19.0. The van der Waals surface area contributed by atoms with E-state index >= 15 is 0 Å². The van der Waals surface area contributed by atoms with Crippen molar-refractivity contribution in [3.63, 3.8) is 0 Å². The molecule has 0 spiro atoms. The predicted molar refractivity (Wildman–Crippen MR) is 118 cm³/mol. The maximum atomic E-state index is 13.1. The van der Waals surface area contributed by atoms with Gasteiger partial charge in [0.05, 0.1) is 12.3 Å². The van der Waals surface area contributed by atoms with Gasteiger partial charge in [-0.1, -0.05) is 12.1 Å². The fourth-order valence-electron chi connectivity index (χ4n) is 3.94. The number of thioether (sulfide) groups is 1. The Kier molecular flexibility index (Phi) is 6.95. The second-order valence-corrected chi connectivity index (χ2v) is 10.2. The Morgan fingerprint density at radius 3 is 2.60 bits per heavy atom. The van der Waals surface area contributed by atoms with E-state index in [9.17, 15) is 14.4 Å². The highest BCUT2D eigenvalue weighted by Gasteiger charge is 2.37. The zero-order valence-electron chi connectivity index (χ0n) is 18.1. The number of hydrogen-bond acceptors (Lipinski definition) is 5. The molecule has 3 amide bonds. The van der Waals surface area contributed by atoms with Crippen molar-refractivity contribution in [1.29, 1.82) is 0 Å². The molecule has 0 aromatic heterocycles. The van der Waals surface area contributed by atoms with Gasteiger partial charge in [-0.2, -0.15) is 0 Å². The second kappa shape index (κ2) is 9.29. The molecule has 1 aromatic rings. The van der Waals surface area contributed by atoms with Gasteiger partial charge in [0.1, 0.15) is 6.04 Å². The van der Waals surface area contributed by atoms with Crippen molar-refractivity contribution in [2.45, 2.75) is 68.7 Å². The molecule has 0 bridgehead atoms. The molecule has 8 heteroatoms. The Bertz CT molecular complexity index is 805. The van der Waals surface area contributed by atoms with Gasteiger partial charge in [0.2, 0.25) is 11.8 Å². The van der Waals surface area contributed by atoms with Crippen LogP contribution in [0.4, 0.5) is 10.5 Å². The van der Waals surface area contributed by atoms with Crippen LogP contribution in [-0.4, -0.2) is 59.3 Å². The Morgan fingerprint density at radius 2 is 1.93 bits per heavy atom. The van der Waals surface area contributed by atoms with Crippen molar-refractivity contribution in [3.8, 4) is 0 Å². The van der Waals surface area contributed by atoms with Crippen molar-refractivity contribution >= 4 is 35.4 Å². The summed E-state index contributed by atoms with van der Waals surface area (Å²) in [6.45, 7) is 9.13. The van der Waals surface area contributed by atoms with Crippen LogP contribution >= 0.6 is 11.8 Å². The van der Waals surface area contributed by atoms with E-state index in [2.05, 4.69) is 19.2 Å². The predicted octanol–water partition coefficient (Wildman–Crippen LogP) is 3.42. The van der Waals surface area contributed by atoms with Crippen LogP contribution in [0.3, 0.4) is 0 Å². The molecule has 1 N–H and O–H groups in total. The van der Waals surface area contributed by atoms with Crippen LogP contribution in [0.1, 0.15) is 47.0 Å². The first-order valence-electron chi connectivity index (χ1n) is 10.5. The molecule has 164 valence electrons. The lowest BCUT2D eigenvalue weighted by Crippen LogP contribution is -2.53. The number of fused-ring (bicyclic) bond motifs is 1. The Hall–Kier alpha value is -2.22. The lowest BCUT2D eigenvalue weighted by molar-refractivity contribution is -0.127. The van der Waals surface area contributed by atoms with Crippen molar-refractivity contribution in [2.75, 3.05) is 24.6 Å². The van der Waals surface area contributed by atoms with Crippen LogP contribution in [-0.2, 0) is 14.3 Å². The molecular weight excluding hydrogens is 402 g/mol. The number of carbonyl (C=O) groups is 3. The van der Waals surface area contributed by atoms with E-state index in [1.807, 2.05) is 24.3 Å². The number of nitrogens with one attached hydrogen (secondary N) is 1. The topological polar surface area (TPSA) is 79.0 Å². The van der Waals surface area contributed by atoms with Gasteiger partial charge in [-0.15, -0.1) is 11.8 Å². The third kappa shape index (κ3) is 5.09. The van der Waals surface area contributed by atoms with E-state index in [4.69, 9.17) is 4.74 Å².